The van der Waals surface area contributed by atoms with Gasteiger partial charge in [-0.1, -0.05) is 43.5 Å². The average molecular weight is 433 g/mol. The maximum absolute atomic E-state index is 12.7. The Morgan fingerprint density at radius 1 is 1.00 bits per heavy atom. The van der Waals surface area contributed by atoms with Crippen LogP contribution in [0.4, 0.5) is 5.82 Å². The molecular weight excluding hydrogens is 404 g/mol. The number of fused-ring (bicyclic) bond motifs is 1. The van der Waals surface area contributed by atoms with Crippen LogP contribution in [0, 0.1) is 0 Å². The van der Waals surface area contributed by atoms with Crippen molar-refractivity contribution in [2.75, 3.05) is 19.0 Å². The molecule has 1 heterocycles. The van der Waals surface area contributed by atoms with E-state index in [9.17, 15) is 9.59 Å². The summed E-state index contributed by atoms with van der Waals surface area (Å²) >= 11 is 0. The third-order valence-electron chi connectivity index (χ3n) is 5.93. The predicted molar refractivity (Wildman–Crippen MR) is 123 cm³/mol. The lowest BCUT2D eigenvalue weighted by Gasteiger charge is -2.22. The third-order valence-corrected chi connectivity index (χ3v) is 5.93. The van der Waals surface area contributed by atoms with Crippen LogP contribution in [0.1, 0.15) is 59.8 Å². The Morgan fingerprint density at radius 2 is 1.75 bits per heavy atom. The van der Waals surface area contributed by atoms with Gasteiger partial charge in [-0.25, -0.2) is 9.97 Å². The van der Waals surface area contributed by atoms with Crippen molar-refractivity contribution in [1.29, 1.82) is 0 Å². The fourth-order valence-corrected chi connectivity index (χ4v) is 4.17. The van der Waals surface area contributed by atoms with E-state index in [4.69, 9.17) is 0 Å². The van der Waals surface area contributed by atoms with Gasteiger partial charge in [0.1, 0.15) is 12.4 Å². The average Bonchev–Trinajstić information content (AvgIpc) is 2.86. The molecule has 166 valence electrons. The van der Waals surface area contributed by atoms with Crippen molar-refractivity contribution >= 4 is 28.6 Å². The molecule has 1 aromatic heterocycles. The first-order valence-corrected chi connectivity index (χ1v) is 11.1. The van der Waals surface area contributed by atoms with Crippen molar-refractivity contribution in [2.24, 2.45) is 0 Å². The summed E-state index contributed by atoms with van der Waals surface area (Å²) in [7, 11) is 1.34. The first-order valence-electron chi connectivity index (χ1n) is 11.1. The monoisotopic (exact) mass is 432 g/mol. The SMILES string of the molecule is COC(=O)CNc1nc(CNC(=O)c2ccc(C3CCCCC3)cc2)nc2ccccc12. The second-order valence-electron chi connectivity index (χ2n) is 8.07. The van der Waals surface area contributed by atoms with E-state index in [0.29, 0.717) is 23.1 Å². The molecule has 4 rings (SSSR count). The lowest BCUT2D eigenvalue weighted by Crippen LogP contribution is -2.24. The first-order chi connectivity index (χ1) is 15.6. The lowest BCUT2D eigenvalue weighted by molar-refractivity contribution is -0.138. The van der Waals surface area contributed by atoms with Crippen LogP contribution in [-0.4, -0.2) is 35.5 Å². The van der Waals surface area contributed by atoms with Crippen LogP contribution in [0.3, 0.4) is 0 Å². The summed E-state index contributed by atoms with van der Waals surface area (Å²) in [5, 5.41) is 6.69. The molecule has 0 radical (unpaired) electrons. The van der Waals surface area contributed by atoms with Crippen LogP contribution in [0.2, 0.25) is 0 Å². The number of benzene rings is 2. The number of ether oxygens (including phenoxy) is 1. The van der Waals surface area contributed by atoms with Gasteiger partial charge in [-0.3, -0.25) is 9.59 Å². The number of para-hydroxylation sites is 1. The van der Waals surface area contributed by atoms with E-state index in [1.54, 1.807) is 0 Å². The van der Waals surface area contributed by atoms with E-state index in [1.165, 1.54) is 44.8 Å². The molecule has 0 aliphatic heterocycles. The number of hydrogen-bond acceptors (Lipinski definition) is 6. The van der Waals surface area contributed by atoms with Crippen molar-refractivity contribution < 1.29 is 14.3 Å². The van der Waals surface area contributed by atoms with Gasteiger partial charge >= 0.3 is 5.97 Å². The number of nitrogens with one attached hydrogen (secondary N) is 2. The summed E-state index contributed by atoms with van der Waals surface area (Å²) in [5.74, 6) is 1.05. The van der Waals surface area contributed by atoms with Crippen LogP contribution in [0.15, 0.2) is 48.5 Å². The molecule has 7 heteroatoms. The van der Waals surface area contributed by atoms with Gasteiger partial charge in [0, 0.05) is 10.9 Å². The van der Waals surface area contributed by atoms with Crippen molar-refractivity contribution in [2.45, 2.75) is 44.6 Å². The number of anilines is 1. The van der Waals surface area contributed by atoms with Gasteiger partial charge in [0.2, 0.25) is 0 Å². The second kappa shape index (κ2) is 10.2. The van der Waals surface area contributed by atoms with Crippen molar-refractivity contribution in [3.8, 4) is 0 Å². The normalized spacial score (nSPS) is 14.2. The molecule has 1 aliphatic rings. The van der Waals surface area contributed by atoms with Gasteiger partial charge in [-0.15, -0.1) is 0 Å². The molecule has 0 bridgehead atoms. The number of amides is 1. The number of carbonyl (C=O) groups is 2. The maximum atomic E-state index is 12.7. The van der Waals surface area contributed by atoms with E-state index in [2.05, 4.69) is 37.5 Å². The molecule has 0 atom stereocenters. The van der Waals surface area contributed by atoms with Crippen molar-refractivity contribution in [1.82, 2.24) is 15.3 Å². The molecule has 0 saturated heterocycles. The van der Waals surface area contributed by atoms with E-state index in [-0.39, 0.29) is 25.0 Å². The highest BCUT2D eigenvalue weighted by Gasteiger charge is 2.16. The molecule has 0 unspecified atom stereocenters. The summed E-state index contributed by atoms with van der Waals surface area (Å²) in [4.78, 5) is 33.2. The molecule has 32 heavy (non-hydrogen) atoms. The van der Waals surface area contributed by atoms with Crippen LogP contribution >= 0.6 is 0 Å². The van der Waals surface area contributed by atoms with E-state index < -0.39 is 0 Å². The van der Waals surface area contributed by atoms with Crippen LogP contribution in [-0.2, 0) is 16.1 Å². The summed E-state index contributed by atoms with van der Waals surface area (Å²) in [6, 6.07) is 15.5. The number of esters is 1. The van der Waals surface area contributed by atoms with Gasteiger partial charge in [0.15, 0.2) is 5.82 Å². The fourth-order valence-electron chi connectivity index (χ4n) is 4.17. The predicted octanol–water partition coefficient (Wildman–Crippen LogP) is 4.19. The van der Waals surface area contributed by atoms with Gasteiger partial charge < -0.3 is 15.4 Å². The molecule has 1 aliphatic carbocycles. The Hall–Kier alpha value is -3.48. The van der Waals surface area contributed by atoms with Gasteiger partial charge in [0.05, 0.1) is 19.2 Å². The van der Waals surface area contributed by atoms with Crippen LogP contribution < -0.4 is 10.6 Å². The Morgan fingerprint density at radius 3 is 2.50 bits per heavy atom. The third kappa shape index (κ3) is 5.22. The van der Waals surface area contributed by atoms with Crippen molar-refractivity contribution in [3.63, 3.8) is 0 Å². The summed E-state index contributed by atoms with van der Waals surface area (Å²) < 4.78 is 4.69. The minimum atomic E-state index is -0.390. The number of hydrogen-bond donors (Lipinski definition) is 2. The minimum absolute atomic E-state index is 0.00332. The Labute approximate surface area is 187 Å². The zero-order chi connectivity index (χ0) is 22.3. The Balaban J connectivity index is 1.44. The Bertz CT molecular complexity index is 1090. The van der Waals surface area contributed by atoms with E-state index in [0.717, 1.165) is 10.9 Å². The molecule has 1 saturated carbocycles. The quantitative estimate of drug-likeness (QED) is 0.544. The second-order valence-corrected chi connectivity index (χ2v) is 8.07. The van der Waals surface area contributed by atoms with E-state index in [1.807, 2.05) is 36.4 Å². The molecule has 0 spiro atoms. The number of carbonyl (C=O) groups excluding carboxylic acids is 2. The maximum Gasteiger partial charge on any atom is 0.325 e. The number of methoxy groups -OCH3 is 1. The largest absolute Gasteiger partial charge is 0.468 e. The van der Waals surface area contributed by atoms with Crippen LogP contribution in [0.5, 0.6) is 0 Å². The zero-order valence-corrected chi connectivity index (χ0v) is 18.3. The summed E-state index contributed by atoms with van der Waals surface area (Å²) in [6.07, 6.45) is 6.37. The molecule has 2 N–H and O–H groups in total. The number of aromatic nitrogens is 2. The zero-order valence-electron chi connectivity index (χ0n) is 18.3. The standard InChI is InChI=1S/C25H28N4O3/c1-32-23(30)16-26-24-20-9-5-6-10-21(20)28-22(29-24)15-27-25(31)19-13-11-18(12-14-19)17-7-3-2-4-8-17/h5-6,9-14,17H,2-4,7-8,15-16H2,1H3,(H,27,31)(H,26,28,29). The smallest absolute Gasteiger partial charge is 0.325 e. The highest BCUT2D eigenvalue weighted by molar-refractivity contribution is 5.94. The molecule has 1 fully saturated rings. The molecule has 7 nitrogen and oxygen atoms in total. The summed E-state index contributed by atoms with van der Waals surface area (Å²) in [5.41, 5.74) is 2.67. The molecule has 1 amide bonds. The number of nitrogens with zero attached hydrogens (tertiary/aromatic N) is 2. The summed E-state index contributed by atoms with van der Waals surface area (Å²) in [6.45, 7) is 0.178. The van der Waals surface area contributed by atoms with Gasteiger partial charge in [-0.2, -0.15) is 0 Å². The van der Waals surface area contributed by atoms with Gasteiger partial charge in [-0.05, 0) is 48.6 Å². The number of rotatable bonds is 7. The van der Waals surface area contributed by atoms with Gasteiger partial charge in [0.25, 0.3) is 5.91 Å². The molecule has 2 aromatic carbocycles. The first kappa shape index (κ1) is 21.7. The van der Waals surface area contributed by atoms with Crippen molar-refractivity contribution in [3.05, 3.63) is 65.5 Å². The van der Waals surface area contributed by atoms with E-state index >= 15 is 0 Å². The molecular formula is C25H28N4O3. The van der Waals surface area contributed by atoms with Crippen LogP contribution in [0.25, 0.3) is 10.9 Å². The Kier molecular flexibility index (Phi) is 6.94. The topological polar surface area (TPSA) is 93.2 Å². The fraction of sp³-hybridized carbons (Fsp3) is 0.360. The molecule has 3 aromatic rings. The minimum Gasteiger partial charge on any atom is -0.468 e. The highest BCUT2D eigenvalue weighted by Crippen LogP contribution is 2.32. The highest BCUT2D eigenvalue weighted by atomic mass is 16.5. The lowest BCUT2D eigenvalue weighted by atomic mass is 9.84.